The summed E-state index contributed by atoms with van der Waals surface area (Å²) in [5.74, 6) is -0.545. The molecule has 0 saturated heterocycles. The first-order chi connectivity index (χ1) is 13.9. The van der Waals surface area contributed by atoms with Crippen molar-refractivity contribution in [2.45, 2.75) is 6.61 Å². The maximum absolute atomic E-state index is 12.1. The van der Waals surface area contributed by atoms with Gasteiger partial charge in [0.2, 0.25) is 0 Å². The molecule has 148 valence electrons. The van der Waals surface area contributed by atoms with E-state index in [1.54, 1.807) is 18.2 Å². The zero-order chi connectivity index (χ0) is 20.8. The van der Waals surface area contributed by atoms with Crippen LogP contribution in [0.25, 0.3) is 0 Å². The van der Waals surface area contributed by atoms with Gasteiger partial charge in [-0.1, -0.05) is 39.7 Å². The number of hydrazone groups is 1. The normalized spacial score (nSPS) is 10.8. The molecule has 3 rings (SSSR count). The lowest BCUT2D eigenvalue weighted by Gasteiger charge is -2.10. The van der Waals surface area contributed by atoms with Gasteiger partial charge in [0.1, 0.15) is 23.9 Å². The summed E-state index contributed by atoms with van der Waals surface area (Å²) in [5.41, 5.74) is 3.75. The van der Waals surface area contributed by atoms with E-state index in [4.69, 9.17) is 16.3 Å². The first-order valence-corrected chi connectivity index (χ1v) is 9.61. The highest BCUT2D eigenvalue weighted by atomic mass is 79.9. The SMILES string of the molecule is O=C(N/N=C/c1cc(Cl)ccc1OCc1ccc(Br)cc1)c1cc(O)ccc1O. The highest BCUT2D eigenvalue weighted by Gasteiger charge is 2.11. The second-order valence-corrected chi connectivity index (χ2v) is 7.35. The number of nitrogens with one attached hydrogen (secondary N) is 1. The Morgan fingerprint density at radius 3 is 2.62 bits per heavy atom. The van der Waals surface area contributed by atoms with Crippen molar-refractivity contribution < 1.29 is 19.7 Å². The molecule has 0 aromatic heterocycles. The molecular formula is C21H16BrClN2O4. The summed E-state index contributed by atoms with van der Waals surface area (Å²) in [5, 5.41) is 23.6. The lowest BCUT2D eigenvalue weighted by Crippen LogP contribution is -2.17. The molecule has 8 heteroatoms. The summed E-state index contributed by atoms with van der Waals surface area (Å²) in [7, 11) is 0. The van der Waals surface area contributed by atoms with Gasteiger partial charge in [-0.05, 0) is 54.1 Å². The number of benzene rings is 3. The van der Waals surface area contributed by atoms with E-state index in [0.29, 0.717) is 22.9 Å². The van der Waals surface area contributed by atoms with Crippen LogP contribution >= 0.6 is 27.5 Å². The van der Waals surface area contributed by atoms with E-state index in [1.807, 2.05) is 24.3 Å². The van der Waals surface area contributed by atoms with E-state index >= 15 is 0 Å². The Kier molecular flexibility index (Phi) is 6.74. The molecular weight excluding hydrogens is 460 g/mol. The zero-order valence-corrected chi connectivity index (χ0v) is 17.3. The number of hydrogen-bond donors (Lipinski definition) is 3. The Morgan fingerprint density at radius 2 is 1.86 bits per heavy atom. The van der Waals surface area contributed by atoms with Crippen molar-refractivity contribution in [1.82, 2.24) is 5.43 Å². The van der Waals surface area contributed by atoms with Crippen LogP contribution < -0.4 is 10.2 Å². The largest absolute Gasteiger partial charge is 0.508 e. The van der Waals surface area contributed by atoms with Crippen LogP contribution in [0.15, 0.2) is 70.2 Å². The van der Waals surface area contributed by atoms with Crippen molar-refractivity contribution in [3.05, 3.63) is 86.8 Å². The molecule has 0 saturated carbocycles. The molecule has 0 bridgehead atoms. The number of phenolic OH excluding ortho intramolecular Hbond substituents is 2. The van der Waals surface area contributed by atoms with Gasteiger partial charge in [-0.3, -0.25) is 4.79 Å². The highest BCUT2D eigenvalue weighted by molar-refractivity contribution is 9.10. The topological polar surface area (TPSA) is 91.2 Å². The molecule has 3 aromatic rings. The average molecular weight is 476 g/mol. The van der Waals surface area contributed by atoms with Crippen LogP contribution in [0.1, 0.15) is 21.5 Å². The molecule has 0 aliphatic carbocycles. The summed E-state index contributed by atoms with van der Waals surface area (Å²) in [6.45, 7) is 0.347. The quantitative estimate of drug-likeness (QED) is 0.270. The standard InChI is InChI=1S/C21H16BrClN2O4/c22-15-3-1-13(2-4-15)12-29-20-8-5-16(23)9-14(20)11-24-25-21(28)18-10-17(26)6-7-19(18)27/h1-11,26-27H,12H2,(H,25,28)/b24-11+. The number of amides is 1. The van der Waals surface area contributed by atoms with E-state index in [1.165, 1.54) is 18.3 Å². The summed E-state index contributed by atoms with van der Waals surface area (Å²) >= 11 is 9.45. The van der Waals surface area contributed by atoms with Crippen molar-refractivity contribution in [1.29, 1.82) is 0 Å². The molecule has 1 amide bonds. The highest BCUT2D eigenvalue weighted by Crippen LogP contribution is 2.24. The van der Waals surface area contributed by atoms with Crippen LogP contribution in [0.5, 0.6) is 17.2 Å². The number of hydrogen-bond acceptors (Lipinski definition) is 5. The number of rotatable bonds is 6. The fourth-order valence-electron chi connectivity index (χ4n) is 2.42. The van der Waals surface area contributed by atoms with Gasteiger partial charge in [-0.25, -0.2) is 5.43 Å². The maximum Gasteiger partial charge on any atom is 0.275 e. The predicted octanol–water partition coefficient (Wildman–Crippen LogP) is 4.86. The summed E-state index contributed by atoms with van der Waals surface area (Å²) in [4.78, 5) is 12.1. The first-order valence-electron chi connectivity index (χ1n) is 8.44. The van der Waals surface area contributed by atoms with Crippen LogP contribution in [0.3, 0.4) is 0 Å². The number of ether oxygens (including phenoxy) is 1. The molecule has 0 aliphatic rings. The second kappa shape index (κ2) is 9.45. The Morgan fingerprint density at radius 1 is 1.10 bits per heavy atom. The predicted molar refractivity (Wildman–Crippen MR) is 115 cm³/mol. The van der Waals surface area contributed by atoms with Crippen molar-refractivity contribution in [3.8, 4) is 17.2 Å². The monoisotopic (exact) mass is 474 g/mol. The smallest absolute Gasteiger partial charge is 0.275 e. The van der Waals surface area contributed by atoms with E-state index in [2.05, 4.69) is 26.5 Å². The van der Waals surface area contributed by atoms with E-state index in [9.17, 15) is 15.0 Å². The molecule has 0 atom stereocenters. The van der Waals surface area contributed by atoms with Crippen molar-refractivity contribution >= 4 is 39.7 Å². The van der Waals surface area contributed by atoms with Crippen molar-refractivity contribution in [2.24, 2.45) is 5.10 Å². The number of phenols is 2. The second-order valence-electron chi connectivity index (χ2n) is 6.00. The van der Waals surface area contributed by atoms with Gasteiger partial charge in [0.05, 0.1) is 11.8 Å². The summed E-state index contributed by atoms with van der Waals surface area (Å²) < 4.78 is 6.82. The summed E-state index contributed by atoms with van der Waals surface area (Å²) in [6, 6.07) is 16.4. The fourth-order valence-corrected chi connectivity index (χ4v) is 2.86. The Labute approximate surface area is 180 Å². The molecule has 0 aliphatic heterocycles. The minimum Gasteiger partial charge on any atom is -0.508 e. The van der Waals surface area contributed by atoms with Crippen molar-refractivity contribution in [2.75, 3.05) is 0 Å². The summed E-state index contributed by atoms with van der Waals surface area (Å²) in [6.07, 6.45) is 1.39. The third kappa shape index (κ3) is 5.73. The van der Waals surface area contributed by atoms with Gasteiger partial charge in [0, 0.05) is 15.1 Å². The van der Waals surface area contributed by atoms with Gasteiger partial charge in [-0.2, -0.15) is 5.10 Å². The number of nitrogens with zero attached hydrogens (tertiary/aromatic N) is 1. The van der Waals surface area contributed by atoms with Gasteiger partial charge in [0.25, 0.3) is 5.91 Å². The number of aromatic hydroxyl groups is 2. The zero-order valence-electron chi connectivity index (χ0n) is 15.0. The molecule has 3 N–H and O–H groups in total. The van der Waals surface area contributed by atoms with Crippen LogP contribution in [-0.2, 0) is 6.61 Å². The number of halogens is 2. The van der Waals surface area contributed by atoms with Gasteiger partial charge in [0.15, 0.2) is 0 Å². The Hall–Kier alpha value is -3.03. The Bertz CT molecular complexity index is 1060. The maximum atomic E-state index is 12.1. The third-order valence-corrected chi connectivity index (χ3v) is 4.64. The third-order valence-electron chi connectivity index (χ3n) is 3.87. The molecule has 3 aromatic carbocycles. The number of carbonyl (C=O) groups excluding carboxylic acids is 1. The average Bonchev–Trinajstić information content (AvgIpc) is 2.70. The molecule has 6 nitrogen and oxygen atoms in total. The van der Waals surface area contributed by atoms with E-state index < -0.39 is 5.91 Å². The molecule has 0 radical (unpaired) electrons. The van der Waals surface area contributed by atoms with Crippen LogP contribution in [0, 0.1) is 0 Å². The molecule has 0 unspecified atom stereocenters. The fraction of sp³-hybridized carbons (Fsp3) is 0.0476. The lowest BCUT2D eigenvalue weighted by molar-refractivity contribution is 0.0952. The van der Waals surface area contributed by atoms with E-state index in [-0.39, 0.29) is 17.1 Å². The van der Waals surface area contributed by atoms with Crippen molar-refractivity contribution in [3.63, 3.8) is 0 Å². The molecule has 0 fully saturated rings. The first kappa shape index (κ1) is 20.7. The number of carbonyl (C=O) groups is 1. The minimum absolute atomic E-state index is 0.0973. The molecule has 29 heavy (non-hydrogen) atoms. The van der Waals surface area contributed by atoms with Gasteiger partial charge >= 0.3 is 0 Å². The minimum atomic E-state index is -0.672. The van der Waals surface area contributed by atoms with Crippen LogP contribution in [0.2, 0.25) is 5.02 Å². The van der Waals surface area contributed by atoms with Crippen LogP contribution in [0.4, 0.5) is 0 Å². The Balaban J connectivity index is 1.71. The van der Waals surface area contributed by atoms with Crippen LogP contribution in [-0.4, -0.2) is 22.3 Å². The molecule has 0 spiro atoms. The lowest BCUT2D eigenvalue weighted by atomic mass is 10.2. The van der Waals surface area contributed by atoms with E-state index in [0.717, 1.165) is 16.1 Å². The van der Waals surface area contributed by atoms with Gasteiger partial charge < -0.3 is 14.9 Å². The molecule has 0 heterocycles. The van der Waals surface area contributed by atoms with Gasteiger partial charge in [-0.15, -0.1) is 0 Å².